The molecule has 0 aliphatic heterocycles. The van der Waals surface area contributed by atoms with Crippen LogP contribution >= 0.6 is 0 Å². The summed E-state index contributed by atoms with van der Waals surface area (Å²) in [6.45, 7) is 4.42. The van der Waals surface area contributed by atoms with Gasteiger partial charge in [-0.2, -0.15) is 5.10 Å². The highest BCUT2D eigenvalue weighted by Crippen LogP contribution is 2.35. The Morgan fingerprint density at radius 3 is 2.44 bits per heavy atom. The Kier molecular flexibility index (Phi) is 8.10. The number of hydrazone groups is 1. The molecular weight excluding hydrogens is 518 g/mol. The van der Waals surface area contributed by atoms with E-state index < -0.39 is 11.9 Å². The summed E-state index contributed by atoms with van der Waals surface area (Å²) >= 11 is 0. The first kappa shape index (κ1) is 27.2. The highest BCUT2D eigenvalue weighted by Gasteiger charge is 2.20. The van der Waals surface area contributed by atoms with E-state index in [0.29, 0.717) is 29.2 Å². The normalized spacial score (nSPS) is 11.0. The maximum absolute atomic E-state index is 13.3. The van der Waals surface area contributed by atoms with E-state index >= 15 is 0 Å². The third-order valence-corrected chi connectivity index (χ3v) is 6.43. The average Bonchev–Trinajstić information content (AvgIpc) is 3.37. The number of hydrogen-bond donors (Lipinski definition) is 2. The van der Waals surface area contributed by atoms with Crippen LogP contribution in [0.1, 0.15) is 38.9 Å². The second-order valence-electron chi connectivity index (χ2n) is 9.25. The Bertz CT molecular complexity index is 1720. The number of aryl methyl sites for hydroxylation is 1. The number of aromatic amines is 1. The maximum atomic E-state index is 13.3. The molecule has 5 aromatic rings. The number of amides is 1. The van der Waals surface area contributed by atoms with Crippen molar-refractivity contribution in [2.75, 3.05) is 13.7 Å². The molecule has 0 bridgehead atoms. The lowest BCUT2D eigenvalue weighted by Gasteiger charge is -2.10. The Morgan fingerprint density at radius 1 is 0.927 bits per heavy atom. The van der Waals surface area contributed by atoms with Crippen LogP contribution < -0.4 is 19.6 Å². The minimum absolute atomic E-state index is 0.274. The van der Waals surface area contributed by atoms with Crippen molar-refractivity contribution < 1.29 is 23.8 Å². The van der Waals surface area contributed by atoms with Gasteiger partial charge in [0.05, 0.1) is 25.5 Å². The molecule has 0 aliphatic rings. The minimum Gasteiger partial charge on any atom is -0.494 e. The summed E-state index contributed by atoms with van der Waals surface area (Å²) in [5.41, 5.74) is 7.57. The van der Waals surface area contributed by atoms with E-state index in [0.717, 1.165) is 33.3 Å². The number of benzene rings is 4. The number of aromatic nitrogens is 1. The second kappa shape index (κ2) is 12.2. The van der Waals surface area contributed by atoms with Crippen LogP contribution in [0.2, 0.25) is 0 Å². The largest absolute Gasteiger partial charge is 0.494 e. The Balaban J connectivity index is 1.35. The first-order chi connectivity index (χ1) is 20.0. The number of esters is 1. The van der Waals surface area contributed by atoms with E-state index in [9.17, 15) is 9.59 Å². The van der Waals surface area contributed by atoms with Gasteiger partial charge in [-0.25, -0.2) is 10.2 Å². The van der Waals surface area contributed by atoms with Crippen molar-refractivity contribution in [2.45, 2.75) is 13.8 Å². The van der Waals surface area contributed by atoms with Gasteiger partial charge in [0, 0.05) is 16.5 Å². The lowest BCUT2D eigenvalue weighted by Crippen LogP contribution is -2.18. The maximum Gasteiger partial charge on any atom is 0.343 e. The third-order valence-electron chi connectivity index (χ3n) is 6.43. The Hall–Kier alpha value is -5.37. The molecule has 41 heavy (non-hydrogen) atoms. The van der Waals surface area contributed by atoms with Crippen molar-refractivity contribution in [1.82, 2.24) is 10.4 Å². The van der Waals surface area contributed by atoms with Crippen molar-refractivity contribution in [2.24, 2.45) is 5.10 Å². The van der Waals surface area contributed by atoms with Gasteiger partial charge in [-0.1, -0.05) is 48.0 Å². The van der Waals surface area contributed by atoms with Gasteiger partial charge < -0.3 is 19.2 Å². The van der Waals surface area contributed by atoms with Crippen molar-refractivity contribution >= 4 is 29.0 Å². The number of nitrogens with zero attached hydrogens (tertiary/aromatic N) is 1. The number of ether oxygens (including phenoxy) is 3. The number of methoxy groups -OCH3 is 1. The molecule has 5 rings (SSSR count). The molecule has 0 spiro atoms. The fourth-order valence-corrected chi connectivity index (χ4v) is 4.42. The molecule has 0 atom stereocenters. The molecule has 0 fully saturated rings. The molecule has 0 saturated carbocycles. The standard InChI is InChI=1S/C33H29N3O5/c1-4-40-25-15-16-27-26(19-25)30(23-8-6-5-7-9-23)31(35-27)32(37)36-34-20-22-12-17-28(29(18-22)39-3)41-33(38)24-13-10-21(2)11-14-24/h5-20,35H,4H2,1-3H3,(H,36,37). The molecule has 206 valence electrons. The van der Waals surface area contributed by atoms with Crippen LogP contribution in [0, 0.1) is 6.92 Å². The molecule has 0 unspecified atom stereocenters. The van der Waals surface area contributed by atoms with Crippen LogP contribution in [0.15, 0.2) is 96.1 Å². The van der Waals surface area contributed by atoms with Crippen LogP contribution in [0.3, 0.4) is 0 Å². The minimum atomic E-state index is -0.488. The summed E-state index contributed by atoms with van der Waals surface area (Å²) in [7, 11) is 1.49. The first-order valence-corrected chi connectivity index (χ1v) is 13.1. The van der Waals surface area contributed by atoms with Gasteiger partial charge in [-0.3, -0.25) is 4.79 Å². The first-order valence-electron chi connectivity index (χ1n) is 13.1. The topological polar surface area (TPSA) is 102 Å². The smallest absolute Gasteiger partial charge is 0.343 e. The molecule has 2 N–H and O–H groups in total. The number of fused-ring (bicyclic) bond motifs is 1. The summed E-state index contributed by atoms with van der Waals surface area (Å²) < 4.78 is 16.6. The van der Waals surface area contributed by atoms with Gasteiger partial charge in [0.1, 0.15) is 11.4 Å². The zero-order valence-electron chi connectivity index (χ0n) is 22.9. The number of hydrogen-bond acceptors (Lipinski definition) is 6. The van der Waals surface area contributed by atoms with Crippen LogP contribution in [0.4, 0.5) is 0 Å². The number of carbonyl (C=O) groups is 2. The molecular formula is C33H29N3O5. The van der Waals surface area contributed by atoms with Crippen LogP contribution in [-0.2, 0) is 0 Å². The molecule has 1 aromatic heterocycles. The number of H-pyrrole nitrogens is 1. The zero-order valence-corrected chi connectivity index (χ0v) is 22.9. The van der Waals surface area contributed by atoms with E-state index in [-0.39, 0.29) is 5.75 Å². The van der Waals surface area contributed by atoms with Crippen molar-refractivity contribution in [1.29, 1.82) is 0 Å². The lowest BCUT2D eigenvalue weighted by atomic mass is 10.0. The van der Waals surface area contributed by atoms with Crippen LogP contribution in [-0.4, -0.2) is 36.8 Å². The van der Waals surface area contributed by atoms with Crippen LogP contribution in [0.25, 0.3) is 22.0 Å². The predicted octanol–water partition coefficient (Wildman–Crippen LogP) is 6.53. The highest BCUT2D eigenvalue weighted by atomic mass is 16.6. The van der Waals surface area contributed by atoms with Gasteiger partial charge in [-0.05, 0) is 73.5 Å². The van der Waals surface area contributed by atoms with Gasteiger partial charge in [-0.15, -0.1) is 0 Å². The number of nitrogens with one attached hydrogen (secondary N) is 2. The fourth-order valence-electron chi connectivity index (χ4n) is 4.42. The van der Waals surface area contributed by atoms with Crippen molar-refractivity contribution in [3.63, 3.8) is 0 Å². The van der Waals surface area contributed by atoms with E-state index in [1.807, 2.05) is 74.5 Å². The van der Waals surface area contributed by atoms with Crippen molar-refractivity contribution in [3.8, 4) is 28.4 Å². The third kappa shape index (κ3) is 6.12. The summed E-state index contributed by atoms with van der Waals surface area (Å²) in [5.74, 6) is 0.468. The summed E-state index contributed by atoms with van der Waals surface area (Å²) in [4.78, 5) is 29.1. The van der Waals surface area contributed by atoms with Gasteiger partial charge in [0.2, 0.25) is 0 Å². The highest BCUT2D eigenvalue weighted by molar-refractivity contribution is 6.10. The van der Waals surface area contributed by atoms with Gasteiger partial charge in [0.15, 0.2) is 11.5 Å². The van der Waals surface area contributed by atoms with E-state index in [4.69, 9.17) is 14.2 Å². The molecule has 1 heterocycles. The number of rotatable bonds is 9. The Morgan fingerprint density at radius 2 is 1.71 bits per heavy atom. The monoisotopic (exact) mass is 547 g/mol. The lowest BCUT2D eigenvalue weighted by molar-refractivity contribution is 0.0729. The molecule has 8 nitrogen and oxygen atoms in total. The molecule has 0 saturated heterocycles. The fraction of sp³-hybridized carbons (Fsp3) is 0.121. The molecule has 0 aliphatic carbocycles. The second-order valence-corrected chi connectivity index (χ2v) is 9.25. The summed E-state index contributed by atoms with van der Waals surface area (Å²) in [6.07, 6.45) is 1.49. The average molecular weight is 548 g/mol. The van der Waals surface area contributed by atoms with Gasteiger partial charge in [0.25, 0.3) is 5.91 Å². The molecule has 4 aromatic carbocycles. The summed E-state index contributed by atoms with van der Waals surface area (Å²) in [6, 6.07) is 27.5. The Labute approximate surface area is 237 Å². The van der Waals surface area contributed by atoms with Crippen LogP contribution in [0.5, 0.6) is 17.2 Å². The number of carbonyl (C=O) groups excluding carboxylic acids is 2. The zero-order chi connectivity index (χ0) is 28.8. The van der Waals surface area contributed by atoms with Gasteiger partial charge >= 0.3 is 5.97 Å². The van der Waals surface area contributed by atoms with E-state index in [2.05, 4.69) is 15.5 Å². The molecule has 8 heteroatoms. The van der Waals surface area contributed by atoms with Crippen molar-refractivity contribution in [3.05, 3.63) is 113 Å². The SMILES string of the molecule is CCOc1ccc2[nH]c(C(=O)NN=Cc3ccc(OC(=O)c4ccc(C)cc4)c(OC)c3)c(-c3ccccc3)c2c1. The molecule has 1 amide bonds. The quantitative estimate of drug-likeness (QED) is 0.0945. The molecule has 0 radical (unpaired) electrons. The predicted molar refractivity (Wildman–Crippen MR) is 159 cm³/mol. The summed E-state index contributed by atoms with van der Waals surface area (Å²) in [5, 5.41) is 5.03. The van der Waals surface area contributed by atoms with E-state index in [1.54, 1.807) is 30.3 Å². The van der Waals surface area contributed by atoms with E-state index in [1.165, 1.54) is 13.3 Å².